The molecule has 0 spiro atoms. The Balaban J connectivity index is 1.37. The van der Waals surface area contributed by atoms with E-state index < -0.39 is 0 Å². The van der Waals surface area contributed by atoms with Crippen molar-refractivity contribution in [3.63, 3.8) is 0 Å². The molecule has 32 heavy (non-hydrogen) atoms. The number of carbonyl (C=O) groups excluding carboxylic acids is 2. The van der Waals surface area contributed by atoms with Gasteiger partial charge in [-0.05, 0) is 67.6 Å². The highest BCUT2D eigenvalue weighted by Crippen LogP contribution is 2.33. The Morgan fingerprint density at radius 2 is 1.72 bits per heavy atom. The highest BCUT2D eigenvalue weighted by Gasteiger charge is 2.26. The van der Waals surface area contributed by atoms with Gasteiger partial charge >= 0.3 is 0 Å². The summed E-state index contributed by atoms with van der Waals surface area (Å²) >= 11 is 1.54. The van der Waals surface area contributed by atoms with Crippen LogP contribution in [0, 0.1) is 13.8 Å². The highest BCUT2D eigenvalue weighted by atomic mass is 32.1. The number of ether oxygens (including phenoxy) is 1. The second kappa shape index (κ2) is 9.57. The van der Waals surface area contributed by atoms with Gasteiger partial charge < -0.3 is 15.0 Å². The fourth-order valence-corrected chi connectivity index (χ4v) is 5.13. The molecule has 6 heteroatoms. The van der Waals surface area contributed by atoms with Crippen LogP contribution in [0.2, 0.25) is 0 Å². The first-order valence-corrected chi connectivity index (χ1v) is 11.7. The molecule has 0 atom stereocenters. The van der Waals surface area contributed by atoms with E-state index in [2.05, 4.69) is 5.32 Å². The van der Waals surface area contributed by atoms with E-state index in [1.54, 1.807) is 7.11 Å². The summed E-state index contributed by atoms with van der Waals surface area (Å²) in [5, 5.41) is 3.13. The van der Waals surface area contributed by atoms with Crippen molar-refractivity contribution < 1.29 is 14.3 Å². The quantitative estimate of drug-likeness (QED) is 0.593. The molecule has 2 aromatic carbocycles. The van der Waals surface area contributed by atoms with E-state index in [-0.39, 0.29) is 17.9 Å². The average molecular weight is 449 g/mol. The topological polar surface area (TPSA) is 58.6 Å². The first-order chi connectivity index (χ1) is 15.5. The van der Waals surface area contributed by atoms with Crippen LogP contribution in [0.4, 0.5) is 0 Å². The third-order valence-corrected chi connectivity index (χ3v) is 7.08. The number of methoxy groups -OCH3 is 1. The van der Waals surface area contributed by atoms with Gasteiger partial charge in [0.1, 0.15) is 5.75 Å². The van der Waals surface area contributed by atoms with Crippen LogP contribution in [0.1, 0.15) is 43.3 Å². The summed E-state index contributed by atoms with van der Waals surface area (Å²) in [6.07, 6.45) is 1.53. The van der Waals surface area contributed by atoms with Gasteiger partial charge in [-0.15, -0.1) is 11.3 Å². The number of hydrogen-bond donors (Lipinski definition) is 1. The van der Waals surface area contributed by atoms with E-state index in [1.807, 2.05) is 73.3 Å². The fraction of sp³-hybridized carbons (Fsp3) is 0.308. The Morgan fingerprint density at radius 1 is 1.03 bits per heavy atom. The van der Waals surface area contributed by atoms with Crippen LogP contribution in [0.5, 0.6) is 5.75 Å². The highest BCUT2D eigenvalue weighted by molar-refractivity contribution is 7.14. The maximum absolute atomic E-state index is 13.1. The largest absolute Gasteiger partial charge is 0.497 e. The molecule has 1 aromatic heterocycles. The molecule has 0 saturated carbocycles. The third kappa shape index (κ3) is 4.70. The van der Waals surface area contributed by atoms with E-state index >= 15 is 0 Å². The number of amides is 2. The first-order valence-electron chi connectivity index (χ1n) is 10.9. The van der Waals surface area contributed by atoms with E-state index in [4.69, 9.17) is 4.74 Å². The number of carbonyl (C=O) groups is 2. The van der Waals surface area contributed by atoms with Crippen LogP contribution in [0.15, 0.2) is 54.6 Å². The Hall–Kier alpha value is -3.12. The van der Waals surface area contributed by atoms with Crippen LogP contribution in [0.25, 0.3) is 11.1 Å². The predicted molar refractivity (Wildman–Crippen MR) is 129 cm³/mol. The number of piperidine rings is 1. The minimum Gasteiger partial charge on any atom is -0.497 e. The number of aryl methyl sites for hydroxylation is 2. The van der Waals surface area contributed by atoms with Crippen LogP contribution < -0.4 is 10.1 Å². The van der Waals surface area contributed by atoms with Crippen molar-refractivity contribution in [2.75, 3.05) is 20.2 Å². The average Bonchev–Trinajstić information content (AvgIpc) is 3.21. The van der Waals surface area contributed by atoms with E-state index in [0.29, 0.717) is 18.7 Å². The van der Waals surface area contributed by atoms with Crippen molar-refractivity contribution >= 4 is 23.2 Å². The van der Waals surface area contributed by atoms with Crippen molar-refractivity contribution in [2.45, 2.75) is 32.7 Å². The van der Waals surface area contributed by atoms with Gasteiger partial charge in [0.15, 0.2) is 0 Å². The van der Waals surface area contributed by atoms with Gasteiger partial charge in [0, 0.05) is 29.6 Å². The lowest BCUT2D eigenvalue weighted by Gasteiger charge is -2.32. The monoisotopic (exact) mass is 448 g/mol. The number of nitrogens with one attached hydrogen (secondary N) is 1. The summed E-state index contributed by atoms with van der Waals surface area (Å²) < 4.78 is 5.24. The second-order valence-electron chi connectivity index (χ2n) is 8.16. The molecule has 2 heterocycles. The van der Waals surface area contributed by atoms with E-state index in [0.717, 1.165) is 45.0 Å². The third-order valence-electron chi connectivity index (χ3n) is 6.04. The zero-order valence-corrected chi connectivity index (χ0v) is 19.5. The number of rotatable bonds is 5. The zero-order chi connectivity index (χ0) is 22.7. The molecule has 1 fully saturated rings. The normalized spacial score (nSPS) is 14.3. The van der Waals surface area contributed by atoms with Crippen LogP contribution in [-0.4, -0.2) is 43.0 Å². The van der Waals surface area contributed by atoms with Gasteiger partial charge in [0.2, 0.25) is 0 Å². The Bertz CT molecular complexity index is 1110. The van der Waals surface area contributed by atoms with Crippen molar-refractivity contribution in [1.82, 2.24) is 10.2 Å². The molecule has 166 valence electrons. The van der Waals surface area contributed by atoms with Gasteiger partial charge in [-0.3, -0.25) is 9.59 Å². The summed E-state index contributed by atoms with van der Waals surface area (Å²) in [6, 6.07) is 17.6. The van der Waals surface area contributed by atoms with Gasteiger partial charge in [-0.1, -0.05) is 30.3 Å². The summed E-state index contributed by atoms with van der Waals surface area (Å²) in [6.45, 7) is 5.28. The molecule has 1 N–H and O–H groups in total. The fourth-order valence-electron chi connectivity index (χ4n) is 4.12. The Morgan fingerprint density at radius 3 is 2.38 bits per heavy atom. The molecule has 4 rings (SSSR count). The van der Waals surface area contributed by atoms with Crippen molar-refractivity contribution in [3.8, 4) is 16.9 Å². The SMILES string of the molecule is COc1ccc(-c2cc(C(=O)N3CCC(NC(=O)c4ccccc4C)CC3)sc2C)cc1. The zero-order valence-electron chi connectivity index (χ0n) is 18.7. The summed E-state index contributed by atoms with van der Waals surface area (Å²) in [7, 11) is 1.65. The molecular weight excluding hydrogens is 420 g/mol. The lowest BCUT2D eigenvalue weighted by atomic mass is 10.0. The molecule has 0 radical (unpaired) electrons. The van der Waals surface area contributed by atoms with Crippen molar-refractivity contribution in [2.24, 2.45) is 0 Å². The van der Waals surface area contributed by atoms with Crippen LogP contribution >= 0.6 is 11.3 Å². The van der Waals surface area contributed by atoms with Crippen molar-refractivity contribution in [3.05, 3.63) is 75.5 Å². The molecule has 1 saturated heterocycles. The Labute approximate surface area is 193 Å². The molecule has 1 aliphatic rings. The molecule has 0 bridgehead atoms. The lowest BCUT2D eigenvalue weighted by Crippen LogP contribution is -2.46. The first kappa shape index (κ1) is 22.1. The smallest absolute Gasteiger partial charge is 0.263 e. The summed E-state index contributed by atoms with van der Waals surface area (Å²) in [4.78, 5) is 29.5. The minimum atomic E-state index is -0.0362. The van der Waals surface area contributed by atoms with Gasteiger partial charge in [0.05, 0.1) is 12.0 Å². The van der Waals surface area contributed by atoms with Crippen LogP contribution in [0.3, 0.4) is 0 Å². The molecule has 0 unspecified atom stereocenters. The number of hydrogen-bond acceptors (Lipinski definition) is 4. The van der Waals surface area contributed by atoms with Crippen molar-refractivity contribution in [1.29, 1.82) is 0 Å². The van der Waals surface area contributed by atoms with Gasteiger partial charge in [0.25, 0.3) is 11.8 Å². The molecule has 1 aliphatic heterocycles. The second-order valence-corrected chi connectivity index (χ2v) is 9.42. The van der Waals surface area contributed by atoms with Gasteiger partial charge in [-0.25, -0.2) is 0 Å². The Kier molecular flexibility index (Phi) is 6.61. The van der Waals surface area contributed by atoms with Gasteiger partial charge in [-0.2, -0.15) is 0 Å². The molecule has 2 amide bonds. The summed E-state index contributed by atoms with van der Waals surface area (Å²) in [5.41, 5.74) is 3.85. The van der Waals surface area contributed by atoms with E-state index in [9.17, 15) is 9.59 Å². The standard InChI is InChI=1S/C26H28N2O3S/c1-17-6-4-5-7-22(17)25(29)27-20-12-14-28(15-13-20)26(30)24-16-23(18(2)32-24)19-8-10-21(31-3)11-9-19/h4-11,16,20H,12-15H2,1-3H3,(H,27,29). The maximum atomic E-state index is 13.1. The van der Waals surface area contributed by atoms with E-state index in [1.165, 1.54) is 11.3 Å². The number of thiophene rings is 1. The molecular formula is C26H28N2O3S. The summed E-state index contributed by atoms with van der Waals surface area (Å²) in [5.74, 6) is 0.850. The minimum absolute atomic E-state index is 0.0362. The molecule has 0 aliphatic carbocycles. The lowest BCUT2D eigenvalue weighted by molar-refractivity contribution is 0.0702. The number of likely N-dealkylation sites (tertiary alicyclic amines) is 1. The molecule has 3 aromatic rings. The van der Waals surface area contributed by atoms with Crippen LogP contribution in [-0.2, 0) is 0 Å². The number of benzene rings is 2. The number of nitrogens with zero attached hydrogens (tertiary/aromatic N) is 1. The predicted octanol–water partition coefficient (Wildman–Crippen LogP) is 5.08. The maximum Gasteiger partial charge on any atom is 0.263 e. The molecule has 5 nitrogen and oxygen atoms in total.